The van der Waals surface area contributed by atoms with Crippen LogP contribution < -0.4 is 0 Å². The summed E-state index contributed by atoms with van der Waals surface area (Å²) < 4.78 is 0. The Morgan fingerprint density at radius 3 is 1.67 bits per heavy atom. The molecule has 0 radical (unpaired) electrons. The van der Waals surface area contributed by atoms with Gasteiger partial charge in [-0.25, -0.2) is 0 Å². The van der Waals surface area contributed by atoms with Gasteiger partial charge < -0.3 is 0 Å². The Morgan fingerprint density at radius 2 is 1.04 bits per heavy atom. The van der Waals surface area contributed by atoms with Gasteiger partial charge in [0, 0.05) is 0 Å². The predicted octanol–water partition coefficient (Wildman–Crippen LogP) is 9.18. The fraction of sp³-hybridized carbons (Fsp3) is 1.00. The highest BCUT2D eigenvalue weighted by Gasteiger charge is 2.34. The molecule has 27 heavy (non-hydrogen) atoms. The van der Waals surface area contributed by atoms with E-state index in [2.05, 4.69) is 13.8 Å². The zero-order valence-corrected chi connectivity index (χ0v) is 18.9. The third-order valence-electron chi connectivity index (χ3n) is 9.05. The maximum atomic E-state index is 2.36. The van der Waals surface area contributed by atoms with Crippen LogP contribution in [0.1, 0.15) is 136 Å². The Bertz CT molecular complexity index is 369. The van der Waals surface area contributed by atoms with Crippen molar-refractivity contribution in [2.45, 2.75) is 136 Å². The molecule has 0 aromatic heterocycles. The van der Waals surface area contributed by atoms with Crippen LogP contribution in [0.2, 0.25) is 0 Å². The number of rotatable bonds is 9. The summed E-state index contributed by atoms with van der Waals surface area (Å²) in [4.78, 5) is 0. The highest BCUT2D eigenvalue weighted by Crippen LogP contribution is 2.46. The van der Waals surface area contributed by atoms with Gasteiger partial charge in [-0.15, -0.1) is 0 Å². The lowest BCUT2D eigenvalue weighted by Crippen LogP contribution is -2.30. The zero-order valence-electron chi connectivity index (χ0n) is 18.9. The van der Waals surface area contributed by atoms with Gasteiger partial charge in [-0.2, -0.15) is 0 Å². The van der Waals surface area contributed by atoms with Gasteiger partial charge in [0.15, 0.2) is 0 Å². The molecule has 0 heteroatoms. The van der Waals surface area contributed by atoms with Crippen LogP contribution >= 0.6 is 0 Å². The summed E-state index contributed by atoms with van der Waals surface area (Å²) in [6.07, 6.45) is 29.2. The van der Waals surface area contributed by atoms with Crippen LogP contribution in [0.4, 0.5) is 0 Å². The van der Waals surface area contributed by atoms with Gasteiger partial charge >= 0.3 is 0 Å². The predicted molar refractivity (Wildman–Crippen MR) is 120 cm³/mol. The van der Waals surface area contributed by atoms with E-state index in [1.54, 1.807) is 77.0 Å². The first-order valence-corrected chi connectivity index (χ1v) is 13.3. The summed E-state index contributed by atoms with van der Waals surface area (Å²) >= 11 is 0. The highest BCUT2D eigenvalue weighted by molar-refractivity contribution is 4.86. The summed E-state index contributed by atoms with van der Waals surface area (Å²) in [5, 5.41) is 0. The lowest BCUT2D eigenvalue weighted by atomic mass is 9.64. The van der Waals surface area contributed by atoms with Crippen LogP contribution in [0.15, 0.2) is 0 Å². The lowest BCUT2D eigenvalue weighted by Gasteiger charge is -2.41. The topological polar surface area (TPSA) is 0 Å². The standard InChI is InChI=1S/C27H50/c1-3-5-7-10-22-13-15-24(16-14-22)25-17-19-26(20-18-25)27-12-8-11-23(21-27)9-6-4-2/h22-27H,3-21H2,1-2H3/t22-,23-,24-,25?,26?,27+/m0/s1. The average molecular weight is 375 g/mol. The summed E-state index contributed by atoms with van der Waals surface area (Å²) in [5.74, 6) is 6.61. The normalized spacial score (nSPS) is 38.0. The molecule has 3 rings (SSSR count). The first-order chi connectivity index (χ1) is 13.3. The zero-order chi connectivity index (χ0) is 18.9. The van der Waals surface area contributed by atoms with Crippen molar-refractivity contribution in [3.8, 4) is 0 Å². The molecule has 0 unspecified atom stereocenters. The van der Waals surface area contributed by atoms with Crippen molar-refractivity contribution in [3.63, 3.8) is 0 Å². The van der Waals surface area contributed by atoms with Gasteiger partial charge in [-0.05, 0) is 80.5 Å². The molecule has 3 aliphatic carbocycles. The Hall–Kier alpha value is 0. The molecular formula is C27H50. The van der Waals surface area contributed by atoms with Gasteiger partial charge in [0.05, 0.1) is 0 Å². The second-order valence-electron chi connectivity index (χ2n) is 10.9. The molecule has 0 aromatic carbocycles. The van der Waals surface area contributed by atoms with E-state index in [9.17, 15) is 0 Å². The fourth-order valence-electron chi connectivity index (χ4n) is 7.23. The van der Waals surface area contributed by atoms with Gasteiger partial charge in [0.2, 0.25) is 0 Å². The molecule has 0 heterocycles. The molecule has 3 aliphatic rings. The third-order valence-corrected chi connectivity index (χ3v) is 9.05. The maximum Gasteiger partial charge on any atom is -0.0383 e. The van der Waals surface area contributed by atoms with Crippen LogP contribution in [-0.2, 0) is 0 Å². The fourth-order valence-corrected chi connectivity index (χ4v) is 7.23. The summed E-state index contributed by atoms with van der Waals surface area (Å²) in [6.45, 7) is 4.70. The molecule has 0 N–H and O–H groups in total. The van der Waals surface area contributed by atoms with Crippen LogP contribution in [0.25, 0.3) is 0 Å². The average Bonchev–Trinajstić information content (AvgIpc) is 2.73. The number of hydrogen-bond acceptors (Lipinski definition) is 0. The van der Waals surface area contributed by atoms with E-state index in [0.29, 0.717) is 0 Å². The molecular weight excluding hydrogens is 324 g/mol. The lowest BCUT2D eigenvalue weighted by molar-refractivity contribution is 0.0981. The number of hydrogen-bond donors (Lipinski definition) is 0. The van der Waals surface area contributed by atoms with Gasteiger partial charge in [-0.3, -0.25) is 0 Å². The van der Waals surface area contributed by atoms with Gasteiger partial charge in [-0.1, -0.05) is 90.9 Å². The second kappa shape index (κ2) is 11.9. The van der Waals surface area contributed by atoms with E-state index in [1.165, 1.54) is 44.9 Å². The van der Waals surface area contributed by atoms with Crippen LogP contribution in [0.5, 0.6) is 0 Å². The molecule has 158 valence electrons. The van der Waals surface area contributed by atoms with E-state index in [-0.39, 0.29) is 0 Å². The first-order valence-electron chi connectivity index (χ1n) is 13.3. The van der Waals surface area contributed by atoms with Crippen LogP contribution in [0.3, 0.4) is 0 Å². The molecule has 0 saturated heterocycles. The van der Waals surface area contributed by atoms with E-state index in [4.69, 9.17) is 0 Å². The van der Waals surface area contributed by atoms with Crippen LogP contribution in [-0.4, -0.2) is 0 Å². The molecule has 3 saturated carbocycles. The van der Waals surface area contributed by atoms with E-state index in [1.807, 2.05) is 0 Å². The Labute approximate surface area is 171 Å². The molecule has 0 aliphatic heterocycles. The molecule has 3 fully saturated rings. The third kappa shape index (κ3) is 6.78. The molecule has 0 nitrogen and oxygen atoms in total. The van der Waals surface area contributed by atoms with Gasteiger partial charge in [0.1, 0.15) is 0 Å². The van der Waals surface area contributed by atoms with E-state index < -0.39 is 0 Å². The van der Waals surface area contributed by atoms with Crippen LogP contribution in [0, 0.1) is 35.5 Å². The monoisotopic (exact) mass is 374 g/mol. The summed E-state index contributed by atoms with van der Waals surface area (Å²) in [6, 6.07) is 0. The van der Waals surface area contributed by atoms with E-state index in [0.717, 1.165) is 35.5 Å². The van der Waals surface area contributed by atoms with Crippen molar-refractivity contribution >= 4 is 0 Å². The van der Waals surface area contributed by atoms with Crippen molar-refractivity contribution in [3.05, 3.63) is 0 Å². The smallest absolute Gasteiger partial charge is 0.0383 e. The largest absolute Gasteiger partial charge is 0.0654 e. The minimum Gasteiger partial charge on any atom is -0.0654 e. The first kappa shape index (κ1) is 21.7. The quantitative estimate of drug-likeness (QED) is 0.353. The molecule has 0 amide bonds. The maximum absolute atomic E-state index is 2.36. The van der Waals surface area contributed by atoms with Crippen molar-refractivity contribution < 1.29 is 0 Å². The molecule has 2 atom stereocenters. The van der Waals surface area contributed by atoms with Crippen molar-refractivity contribution in [2.24, 2.45) is 35.5 Å². The molecule has 0 bridgehead atoms. The summed E-state index contributed by atoms with van der Waals surface area (Å²) in [7, 11) is 0. The Balaban J connectivity index is 1.34. The molecule has 0 aromatic rings. The minimum absolute atomic E-state index is 1.09. The van der Waals surface area contributed by atoms with Gasteiger partial charge in [0.25, 0.3) is 0 Å². The SMILES string of the molecule is CCCCC[C@H]1CC[C@H](C2CCC([C@@H]3CCC[C@H](CCCC)C3)CC2)CC1. The summed E-state index contributed by atoms with van der Waals surface area (Å²) in [5.41, 5.74) is 0. The van der Waals surface area contributed by atoms with Crippen molar-refractivity contribution in [1.82, 2.24) is 0 Å². The second-order valence-corrected chi connectivity index (χ2v) is 10.9. The number of unbranched alkanes of at least 4 members (excludes halogenated alkanes) is 3. The highest BCUT2D eigenvalue weighted by atomic mass is 14.4. The van der Waals surface area contributed by atoms with Crippen molar-refractivity contribution in [2.75, 3.05) is 0 Å². The van der Waals surface area contributed by atoms with Crippen molar-refractivity contribution in [1.29, 1.82) is 0 Å². The minimum atomic E-state index is 1.09. The molecule has 0 spiro atoms. The van der Waals surface area contributed by atoms with E-state index >= 15 is 0 Å². The Morgan fingerprint density at radius 1 is 0.481 bits per heavy atom. The Kier molecular flexibility index (Phi) is 9.54.